The van der Waals surface area contributed by atoms with Crippen molar-refractivity contribution in [1.82, 2.24) is 0 Å². The molecule has 0 spiro atoms. The van der Waals surface area contributed by atoms with Crippen LogP contribution in [-0.2, 0) is 19.0 Å². The molecule has 0 radical (unpaired) electrons. The maximum Gasteiger partial charge on any atom is 0.305 e. The largest absolute Gasteiger partial charge is 0.463 e. The molecule has 0 rings (SSSR count). The number of carbonyl (C=O) groups excluding carboxylic acids is 1. The van der Waals surface area contributed by atoms with Gasteiger partial charge in [0.1, 0.15) is 12.7 Å². The van der Waals surface area contributed by atoms with Crippen LogP contribution >= 0.6 is 0 Å². The molecule has 13 heavy (non-hydrogen) atoms. The van der Waals surface area contributed by atoms with Crippen LogP contribution < -0.4 is 0 Å². The molecule has 0 aliphatic heterocycles. The molecule has 0 aromatic carbocycles. The van der Waals surface area contributed by atoms with Crippen LogP contribution in [0.5, 0.6) is 0 Å². The number of rotatable bonds is 7. The van der Waals surface area contributed by atoms with Gasteiger partial charge >= 0.3 is 5.97 Å². The van der Waals surface area contributed by atoms with Gasteiger partial charge in [-0.2, -0.15) is 0 Å². The van der Waals surface area contributed by atoms with Crippen molar-refractivity contribution in [2.24, 2.45) is 0 Å². The second-order valence-corrected chi connectivity index (χ2v) is 2.75. The van der Waals surface area contributed by atoms with E-state index in [0.717, 1.165) is 6.42 Å². The Kier molecular flexibility index (Phi) is 7.63. The first-order valence-corrected chi connectivity index (χ1v) is 4.41. The predicted molar refractivity (Wildman–Crippen MR) is 48.5 cm³/mol. The van der Waals surface area contributed by atoms with Crippen molar-refractivity contribution in [3.8, 4) is 0 Å². The van der Waals surface area contributed by atoms with Crippen molar-refractivity contribution >= 4 is 5.97 Å². The van der Waals surface area contributed by atoms with Gasteiger partial charge in [0.15, 0.2) is 0 Å². The standard InChI is InChI=1S/C9H18O4/c1-4-5-9(10)13-7-8(12-3)6-11-2/h8H,4-7H2,1-3H3. The zero-order valence-electron chi connectivity index (χ0n) is 8.54. The van der Waals surface area contributed by atoms with Crippen molar-refractivity contribution in [2.75, 3.05) is 27.4 Å². The topological polar surface area (TPSA) is 44.8 Å². The normalized spacial score (nSPS) is 12.5. The molecule has 0 aliphatic carbocycles. The third-order valence-corrected chi connectivity index (χ3v) is 1.57. The first-order chi connectivity index (χ1) is 6.24. The van der Waals surface area contributed by atoms with E-state index in [1.54, 1.807) is 14.2 Å². The van der Waals surface area contributed by atoms with Crippen LogP contribution in [0, 0.1) is 0 Å². The van der Waals surface area contributed by atoms with Gasteiger partial charge in [0, 0.05) is 20.6 Å². The van der Waals surface area contributed by atoms with Crippen molar-refractivity contribution in [2.45, 2.75) is 25.9 Å². The minimum absolute atomic E-state index is 0.161. The average Bonchev–Trinajstić information content (AvgIpc) is 2.12. The predicted octanol–water partition coefficient (Wildman–Crippen LogP) is 0.991. The lowest BCUT2D eigenvalue weighted by molar-refractivity contribution is -0.148. The second kappa shape index (κ2) is 8.01. The van der Waals surface area contributed by atoms with E-state index in [1.165, 1.54) is 0 Å². The number of ether oxygens (including phenoxy) is 3. The van der Waals surface area contributed by atoms with E-state index >= 15 is 0 Å². The van der Waals surface area contributed by atoms with E-state index in [2.05, 4.69) is 0 Å². The molecule has 0 amide bonds. The van der Waals surface area contributed by atoms with Crippen molar-refractivity contribution in [1.29, 1.82) is 0 Å². The summed E-state index contributed by atoms with van der Waals surface area (Å²) in [6.07, 6.45) is 1.11. The van der Waals surface area contributed by atoms with E-state index in [1.807, 2.05) is 6.92 Å². The summed E-state index contributed by atoms with van der Waals surface area (Å²) in [6.45, 7) is 2.64. The summed E-state index contributed by atoms with van der Waals surface area (Å²) in [5, 5.41) is 0. The van der Waals surface area contributed by atoms with Gasteiger partial charge in [0.2, 0.25) is 0 Å². The monoisotopic (exact) mass is 190 g/mol. The first-order valence-electron chi connectivity index (χ1n) is 4.41. The molecule has 4 heteroatoms. The summed E-state index contributed by atoms with van der Waals surface area (Å²) in [5.41, 5.74) is 0. The number of hydrogen-bond donors (Lipinski definition) is 0. The molecule has 0 aromatic rings. The van der Waals surface area contributed by atoms with E-state index in [-0.39, 0.29) is 18.7 Å². The van der Waals surface area contributed by atoms with E-state index in [0.29, 0.717) is 13.0 Å². The highest BCUT2D eigenvalue weighted by Crippen LogP contribution is 1.96. The molecule has 0 aliphatic rings. The highest BCUT2D eigenvalue weighted by atomic mass is 16.6. The quantitative estimate of drug-likeness (QED) is 0.562. The fourth-order valence-corrected chi connectivity index (χ4v) is 0.832. The molecule has 0 heterocycles. The molecule has 0 bridgehead atoms. The molecule has 0 saturated heterocycles. The molecule has 0 N–H and O–H groups in total. The zero-order valence-corrected chi connectivity index (χ0v) is 8.54. The molecule has 0 saturated carbocycles. The van der Waals surface area contributed by atoms with Gasteiger partial charge in [-0.15, -0.1) is 0 Å². The van der Waals surface area contributed by atoms with Gasteiger partial charge in [0.05, 0.1) is 6.61 Å². The average molecular weight is 190 g/mol. The highest BCUT2D eigenvalue weighted by molar-refractivity contribution is 5.69. The minimum atomic E-state index is -0.180. The maximum absolute atomic E-state index is 10.9. The summed E-state index contributed by atoms with van der Waals surface area (Å²) >= 11 is 0. The Labute approximate surface area is 79.2 Å². The molecule has 0 fully saturated rings. The van der Waals surface area contributed by atoms with Crippen molar-refractivity contribution < 1.29 is 19.0 Å². The SMILES string of the molecule is CCCC(=O)OCC(COC)OC. The van der Waals surface area contributed by atoms with Crippen LogP contribution in [0.4, 0.5) is 0 Å². The Balaban J connectivity index is 3.52. The number of hydrogen-bond acceptors (Lipinski definition) is 4. The number of methoxy groups -OCH3 is 2. The molecular formula is C9H18O4. The molecular weight excluding hydrogens is 172 g/mol. The van der Waals surface area contributed by atoms with E-state index < -0.39 is 0 Å². The molecule has 0 aromatic heterocycles. The fourth-order valence-electron chi connectivity index (χ4n) is 0.832. The maximum atomic E-state index is 10.9. The molecule has 78 valence electrons. The van der Waals surface area contributed by atoms with E-state index in [9.17, 15) is 4.79 Å². The summed E-state index contributed by atoms with van der Waals surface area (Å²) < 4.78 is 14.8. The van der Waals surface area contributed by atoms with Crippen LogP contribution in [-0.4, -0.2) is 39.5 Å². The molecule has 4 nitrogen and oxygen atoms in total. The Morgan fingerprint density at radius 3 is 2.46 bits per heavy atom. The second-order valence-electron chi connectivity index (χ2n) is 2.75. The summed E-state index contributed by atoms with van der Waals surface area (Å²) in [5.74, 6) is -0.180. The van der Waals surface area contributed by atoms with Gasteiger partial charge in [0.25, 0.3) is 0 Å². The Hall–Kier alpha value is -0.610. The van der Waals surface area contributed by atoms with Crippen LogP contribution in [0.15, 0.2) is 0 Å². The lowest BCUT2D eigenvalue weighted by atomic mass is 10.3. The lowest BCUT2D eigenvalue weighted by Crippen LogP contribution is -2.25. The fraction of sp³-hybridized carbons (Fsp3) is 0.889. The Morgan fingerprint density at radius 1 is 1.31 bits per heavy atom. The van der Waals surface area contributed by atoms with Crippen LogP contribution in [0.3, 0.4) is 0 Å². The third kappa shape index (κ3) is 6.54. The zero-order chi connectivity index (χ0) is 10.1. The van der Waals surface area contributed by atoms with E-state index in [4.69, 9.17) is 14.2 Å². The third-order valence-electron chi connectivity index (χ3n) is 1.57. The Bertz CT molecular complexity index is 136. The van der Waals surface area contributed by atoms with Gasteiger partial charge in [-0.3, -0.25) is 4.79 Å². The van der Waals surface area contributed by atoms with Crippen molar-refractivity contribution in [3.05, 3.63) is 0 Å². The smallest absolute Gasteiger partial charge is 0.305 e. The van der Waals surface area contributed by atoms with Gasteiger partial charge in [-0.25, -0.2) is 0 Å². The minimum Gasteiger partial charge on any atom is -0.463 e. The number of carbonyl (C=O) groups is 1. The first kappa shape index (κ1) is 12.4. The summed E-state index contributed by atoms with van der Waals surface area (Å²) in [6, 6.07) is 0. The van der Waals surface area contributed by atoms with Gasteiger partial charge < -0.3 is 14.2 Å². The highest BCUT2D eigenvalue weighted by Gasteiger charge is 2.09. The van der Waals surface area contributed by atoms with Gasteiger partial charge in [-0.05, 0) is 6.42 Å². The van der Waals surface area contributed by atoms with Crippen LogP contribution in [0.2, 0.25) is 0 Å². The molecule has 1 atom stereocenters. The molecule has 1 unspecified atom stereocenters. The lowest BCUT2D eigenvalue weighted by Gasteiger charge is -2.13. The van der Waals surface area contributed by atoms with Crippen LogP contribution in [0.25, 0.3) is 0 Å². The summed E-state index contributed by atoms with van der Waals surface area (Å²) in [4.78, 5) is 10.9. The Morgan fingerprint density at radius 2 is 2.00 bits per heavy atom. The summed E-state index contributed by atoms with van der Waals surface area (Å²) in [7, 11) is 3.15. The van der Waals surface area contributed by atoms with Crippen molar-refractivity contribution in [3.63, 3.8) is 0 Å². The van der Waals surface area contributed by atoms with Crippen LogP contribution in [0.1, 0.15) is 19.8 Å². The van der Waals surface area contributed by atoms with Gasteiger partial charge in [-0.1, -0.05) is 6.92 Å². The number of esters is 1.